The van der Waals surface area contributed by atoms with Gasteiger partial charge in [0.1, 0.15) is 6.04 Å². The van der Waals surface area contributed by atoms with Crippen LogP contribution in [0, 0.1) is 0 Å². The van der Waals surface area contributed by atoms with Gasteiger partial charge < -0.3 is 27.6 Å². The summed E-state index contributed by atoms with van der Waals surface area (Å²) in [6.45, 7) is 0.460. The fourth-order valence-electron chi connectivity index (χ4n) is 1.34. The Morgan fingerprint density at radius 3 is 2.28 bits per heavy atom. The lowest BCUT2D eigenvalue weighted by Crippen LogP contribution is -2.49. The van der Waals surface area contributed by atoms with Crippen molar-refractivity contribution in [3.63, 3.8) is 0 Å². The van der Waals surface area contributed by atoms with E-state index < -0.39 is 29.9 Å². The largest absolute Gasteiger partial charge is 0.480 e. The molecular formula is C10H20N4O4. The van der Waals surface area contributed by atoms with Gasteiger partial charge in [0.05, 0.1) is 12.5 Å². The number of nitrogens with one attached hydrogen (secondary N) is 1. The molecule has 0 aromatic carbocycles. The first kappa shape index (κ1) is 16.3. The van der Waals surface area contributed by atoms with Gasteiger partial charge in [0.15, 0.2) is 0 Å². The molecule has 0 spiro atoms. The van der Waals surface area contributed by atoms with E-state index in [0.29, 0.717) is 19.4 Å². The van der Waals surface area contributed by atoms with Crippen molar-refractivity contribution < 1.29 is 19.5 Å². The minimum Gasteiger partial charge on any atom is -0.480 e. The first-order valence-corrected chi connectivity index (χ1v) is 5.65. The lowest BCUT2D eigenvalue weighted by molar-refractivity contribution is -0.142. The molecule has 0 rings (SSSR count). The number of carboxylic acid groups (broad SMARTS) is 1. The van der Waals surface area contributed by atoms with Gasteiger partial charge in [-0.2, -0.15) is 0 Å². The van der Waals surface area contributed by atoms with Crippen molar-refractivity contribution >= 4 is 17.8 Å². The fraction of sp³-hybridized carbons (Fsp3) is 0.700. The molecule has 2 unspecified atom stereocenters. The van der Waals surface area contributed by atoms with Crippen molar-refractivity contribution in [3.05, 3.63) is 0 Å². The van der Waals surface area contributed by atoms with Gasteiger partial charge in [-0.15, -0.1) is 0 Å². The molecule has 0 fully saturated rings. The second-order valence-electron chi connectivity index (χ2n) is 3.96. The zero-order valence-corrected chi connectivity index (χ0v) is 10.1. The van der Waals surface area contributed by atoms with Gasteiger partial charge in [-0.3, -0.25) is 9.59 Å². The van der Waals surface area contributed by atoms with E-state index in [1.807, 2.05) is 0 Å². The van der Waals surface area contributed by atoms with Gasteiger partial charge in [-0.25, -0.2) is 4.79 Å². The Labute approximate surface area is 105 Å². The van der Waals surface area contributed by atoms with Crippen LogP contribution in [0.3, 0.4) is 0 Å². The maximum Gasteiger partial charge on any atom is 0.326 e. The van der Waals surface area contributed by atoms with E-state index in [2.05, 4.69) is 5.32 Å². The van der Waals surface area contributed by atoms with E-state index in [4.69, 9.17) is 22.3 Å². The number of amides is 2. The summed E-state index contributed by atoms with van der Waals surface area (Å²) in [6.07, 6.45) is 1.20. The highest BCUT2D eigenvalue weighted by Gasteiger charge is 2.23. The Morgan fingerprint density at radius 1 is 1.22 bits per heavy atom. The fourth-order valence-corrected chi connectivity index (χ4v) is 1.34. The Bertz CT molecular complexity index is 308. The lowest BCUT2D eigenvalue weighted by atomic mass is 10.1. The normalized spacial score (nSPS) is 13.7. The smallest absolute Gasteiger partial charge is 0.326 e. The summed E-state index contributed by atoms with van der Waals surface area (Å²) >= 11 is 0. The molecule has 0 aliphatic rings. The summed E-state index contributed by atoms with van der Waals surface area (Å²) in [5, 5.41) is 11.2. The van der Waals surface area contributed by atoms with Crippen molar-refractivity contribution in [2.24, 2.45) is 17.2 Å². The molecule has 0 heterocycles. The molecule has 8 nitrogen and oxygen atoms in total. The Morgan fingerprint density at radius 2 is 1.83 bits per heavy atom. The molecule has 0 saturated carbocycles. The maximum absolute atomic E-state index is 11.5. The summed E-state index contributed by atoms with van der Waals surface area (Å²) < 4.78 is 0. The summed E-state index contributed by atoms with van der Waals surface area (Å²) in [7, 11) is 0. The zero-order valence-electron chi connectivity index (χ0n) is 10.1. The third-order valence-electron chi connectivity index (χ3n) is 2.32. The van der Waals surface area contributed by atoms with Gasteiger partial charge >= 0.3 is 5.97 Å². The van der Waals surface area contributed by atoms with Crippen molar-refractivity contribution in [1.29, 1.82) is 0 Å². The third kappa shape index (κ3) is 6.81. The molecule has 0 aliphatic heterocycles. The van der Waals surface area contributed by atoms with Crippen molar-refractivity contribution in [1.82, 2.24) is 5.32 Å². The van der Waals surface area contributed by atoms with E-state index in [1.54, 1.807) is 0 Å². The summed E-state index contributed by atoms with van der Waals surface area (Å²) in [4.78, 5) is 33.0. The molecule has 0 saturated heterocycles. The first-order chi connectivity index (χ1) is 8.38. The molecule has 18 heavy (non-hydrogen) atoms. The monoisotopic (exact) mass is 260 g/mol. The van der Waals surface area contributed by atoms with Crippen LogP contribution in [-0.4, -0.2) is 41.5 Å². The highest BCUT2D eigenvalue weighted by atomic mass is 16.4. The predicted octanol–water partition coefficient (Wildman–Crippen LogP) is -2.11. The molecule has 0 aromatic rings. The van der Waals surface area contributed by atoms with Crippen LogP contribution < -0.4 is 22.5 Å². The number of carboxylic acids is 1. The number of aliphatic carboxylic acids is 1. The lowest BCUT2D eigenvalue weighted by Gasteiger charge is -2.17. The van der Waals surface area contributed by atoms with Crippen LogP contribution in [0.15, 0.2) is 0 Å². The predicted molar refractivity (Wildman–Crippen MR) is 64.3 cm³/mol. The number of nitrogens with two attached hydrogens (primary N) is 3. The number of primary amides is 1. The van der Waals surface area contributed by atoms with Gasteiger partial charge in [-0.05, 0) is 25.8 Å². The van der Waals surface area contributed by atoms with Crippen LogP contribution in [0.2, 0.25) is 0 Å². The van der Waals surface area contributed by atoms with Gasteiger partial charge in [-0.1, -0.05) is 0 Å². The second-order valence-corrected chi connectivity index (χ2v) is 3.96. The summed E-state index contributed by atoms with van der Waals surface area (Å²) in [6, 6.07) is -2.15. The average molecular weight is 260 g/mol. The highest BCUT2D eigenvalue weighted by Crippen LogP contribution is 2.01. The topological polar surface area (TPSA) is 162 Å². The van der Waals surface area contributed by atoms with Gasteiger partial charge in [0.25, 0.3) is 0 Å². The van der Waals surface area contributed by atoms with Crippen LogP contribution >= 0.6 is 0 Å². The number of hydrogen-bond donors (Lipinski definition) is 5. The van der Waals surface area contributed by atoms with E-state index in [9.17, 15) is 14.4 Å². The molecule has 2 amide bonds. The number of hydrogen-bond acceptors (Lipinski definition) is 5. The summed E-state index contributed by atoms with van der Waals surface area (Å²) in [5.74, 6) is -2.56. The Kier molecular flexibility index (Phi) is 7.64. The molecule has 8 N–H and O–H groups in total. The molecule has 8 heteroatoms. The molecule has 104 valence electrons. The molecule has 0 radical (unpaired) electrons. The number of carbonyl (C=O) groups is 3. The Hall–Kier alpha value is -1.67. The summed E-state index contributed by atoms with van der Waals surface area (Å²) in [5.41, 5.74) is 15.6. The van der Waals surface area contributed by atoms with Crippen molar-refractivity contribution in [2.75, 3.05) is 6.54 Å². The van der Waals surface area contributed by atoms with E-state index in [1.165, 1.54) is 0 Å². The second kappa shape index (κ2) is 8.43. The quantitative estimate of drug-likeness (QED) is 0.298. The maximum atomic E-state index is 11.5. The number of carbonyl (C=O) groups excluding carboxylic acids is 2. The molecule has 0 aliphatic carbocycles. The van der Waals surface area contributed by atoms with Crippen LogP contribution in [0.1, 0.15) is 25.7 Å². The van der Waals surface area contributed by atoms with E-state index in [0.717, 1.165) is 0 Å². The standard InChI is InChI=1S/C10H20N4O4/c11-4-2-1-3-7(10(17)18)14-9(16)6(12)5-8(13)15/h6-7H,1-5,11-12H2,(H2,13,15)(H,14,16)(H,17,18). The average Bonchev–Trinajstić information content (AvgIpc) is 2.26. The zero-order chi connectivity index (χ0) is 14.1. The molecule has 2 atom stereocenters. The van der Waals surface area contributed by atoms with E-state index >= 15 is 0 Å². The van der Waals surface area contributed by atoms with E-state index in [-0.39, 0.29) is 12.8 Å². The molecule has 0 bridgehead atoms. The van der Waals surface area contributed by atoms with Crippen molar-refractivity contribution in [3.8, 4) is 0 Å². The van der Waals surface area contributed by atoms with Crippen LogP contribution in [-0.2, 0) is 14.4 Å². The van der Waals surface area contributed by atoms with Crippen LogP contribution in [0.4, 0.5) is 0 Å². The number of unbranched alkanes of at least 4 members (excludes halogenated alkanes) is 1. The number of rotatable bonds is 9. The Balaban J connectivity index is 4.26. The van der Waals surface area contributed by atoms with Crippen LogP contribution in [0.25, 0.3) is 0 Å². The first-order valence-electron chi connectivity index (χ1n) is 5.65. The minimum atomic E-state index is -1.15. The van der Waals surface area contributed by atoms with Crippen LogP contribution in [0.5, 0.6) is 0 Å². The molecular weight excluding hydrogens is 240 g/mol. The minimum absolute atomic E-state index is 0.265. The SMILES string of the molecule is NCCCCC(NC(=O)C(N)CC(N)=O)C(=O)O. The third-order valence-corrected chi connectivity index (χ3v) is 2.32. The molecule has 0 aromatic heterocycles. The van der Waals surface area contributed by atoms with Gasteiger partial charge in [0.2, 0.25) is 11.8 Å². The van der Waals surface area contributed by atoms with Crippen molar-refractivity contribution in [2.45, 2.75) is 37.8 Å². The van der Waals surface area contributed by atoms with Gasteiger partial charge in [0, 0.05) is 0 Å². The highest BCUT2D eigenvalue weighted by molar-refractivity contribution is 5.90.